The molecule has 0 bridgehead atoms. The molecule has 1 saturated heterocycles. The van der Waals surface area contributed by atoms with Crippen molar-refractivity contribution in [2.45, 2.75) is 32.5 Å². The van der Waals surface area contributed by atoms with Gasteiger partial charge < -0.3 is 4.74 Å². The number of nitrogens with zero attached hydrogens (tertiary/aromatic N) is 2. The van der Waals surface area contributed by atoms with E-state index in [-0.39, 0.29) is 6.10 Å². The van der Waals surface area contributed by atoms with Crippen LogP contribution in [0.4, 0.5) is 0 Å². The van der Waals surface area contributed by atoms with Gasteiger partial charge in [0.15, 0.2) is 0 Å². The lowest BCUT2D eigenvalue weighted by molar-refractivity contribution is -0.0524. The molecule has 0 aromatic heterocycles. The number of halogens is 1. The highest BCUT2D eigenvalue weighted by Crippen LogP contribution is 2.12. The number of morpholine rings is 1. The zero-order chi connectivity index (χ0) is 15.1. The van der Waals surface area contributed by atoms with E-state index < -0.39 is 0 Å². The van der Waals surface area contributed by atoms with Crippen LogP contribution < -0.4 is 0 Å². The minimum Gasteiger partial charge on any atom is -0.374 e. The van der Waals surface area contributed by atoms with Crippen molar-refractivity contribution in [1.29, 1.82) is 0 Å². The quantitative estimate of drug-likeness (QED) is 0.720. The van der Waals surface area contributed by atoms with Crippen LogP contribution in [0.5, 0.6) is 0 Å². The van der Waals surface area contributed by atoms with Gasteiger partial charge in [0.1, 0.15) is 0 Å². The molecule has 2 rings (SSSR count). The summed E-state index contributed by atoms with van der Waals surface area (Å²) in [5.74, 6) is 0.660. The maximum atomic E-state index is 5.97. The fourth-order valence-corrected chi connectivity index (χ4v) is 3.04. The molecule has 1 fully saturated rings. The molecule has 1 atom stereocenters. The maximum Gasteiger partial charge on any atom is 0.0829 e. The lowest BCUT2D eigenvalue weighted by Gasteiger charge is -2.37. The van der Waals surface area contributed by atoms with Gasteiger partial charge in [0.25, 0.3) is 0 Å². The number of ether oxygens (including phenoxy) is 1. The topological polar surface area (TPSA) is 15.7 Å². The fourth-order valence-electron chi connectivity index (χ4n) is 2.81. The Morgan fingerprint density at radius 1 is 1.33 bits per heavy atom. The zero-order valence-electron chi connectivity index (χ0n) is 13.2. The van der Waals surface area contributed by atoms with Crippen LogP contribution in [0.2, 0.25) is 0 Å². The van der Waals surface area contributed by atoms with E-state index in [4.69, 9.17) is 16.3 Å². The molecule has 0 radical (unpaired) electrons. The van der Waals surface area contributed by atoms with Crippen molar-refractivity contribution < 1.29 is 4.74 Å². The molecule has 0 N–H and O–H groups in total. The first-order valence-electron chi connectivity index (χ1n) is 7.87. The van der Waals surface area contributed by atoms with Crippen LogP contribution in [0.3, 0.4) is 0 Å². The molecule has 4 heteroatoms. The van der Waals surface area contributed by atoms with Crippen LogP contribution in [0.1, 0.15) is 19.4 Å². The van der Waals surface area contributed by atoms with Crippen molar-refractivity contribution in [3.63, 3.8) is 0 Å². The summed E-state index contributed by atoms with van der Waals surface area (Å²) in [4.78, 5) is 4.90. The van der Waals surface area contributed by atoms with Crippen LogP contribution in [0.25, 0.3) is 0 Å². The third-order valence-corrected chi connectivity index (χ3v) is 4.18. The van der Waals surface area contributed by atoms with Gasteiger partial charge in [0.2, 0.25) is 0 Å². The molecule has 1 aromatic carbocycles. The highest BCUT2D eigenvalue weighted by Gasteiger charge is 2.24. The second-order valence-electron chi connectivity index (χ2n) is 5.99. The van der Waals surface area contributed by atoms with Gasteiger partial charge in [-0.15, -0.1) is 11.6 Å². The van der Waals surface area contributed by atoms with Gasteiger partial charge in [-0.2, -0.15) is 0 Å². The van der Waals surface area contributed by atoms with Gasteiger partial charge in [-0.1, -0.05) is 30.3 Å². The summed E-state index contributed by atoms with van der Waals surface area (Å²) >= 11 is 5.97. The first kappa shape index (κ1) is 16.8. The molecule has 118 valence electrons. The zero-order valence-corrected chi connectivity index (χ0v) is 13.9. The Hall–Kier alpha value is -0.610. The van der Waals surface area contributed by atoms with Crippen LogP contribution in [-0.2, 0) is 11.3 Å². The fraction of sp³-hybridized carbons (Fsp3) is 0.647. The predicted molar refractivity (Wildman–Crippen MR) is 88.9 cm³/mol. The molecule has 21 heavy (non-hydrogen) atoms. The molecule has 0 aliphatic carbocycles. The summed E-state index contributed by atoms with van der Waals surface area (Å²) in [7, 11) is 0. The molecule has 0 amide bonds. The lowest BCUT2D eigenvalue weighted by atomic mass is 10.2. The molecule has 1 aliphatic rings. The van der Waals surface area contributed by atoms with Gasteiger partial charge in [-0.05, 0) is 19.4 Å². The van der Waals surface area contributed by atoms with E-state index in [1.54, 1.807) is 0 Å². The summed E-state index contributed by atoms with van der Waals surface area (Å²) < 4.78 is 5.95. The number of alkyl halides is 1. The van der Waals surface area contributed by atoms with E-state index >= 15 is 0 Å². The minimum atomic E-state index is 0.285. The second kappa shape index (κ2) is 8.74. The van der Waals surface area contributed by atoms with Crippen LogP contribution in [-0.4, -0.2) is 60.6 Å². The summed E-state index contributed by atoms with van der Waals surface area (Å²) in [6, 6.07) is 11.2. The van der Waals surface area contributed by atoms with E-state index in [1.807, 2.05) is 0 Å². The highest BCUT2D eigenvalue weighted by atomic mass is 35.5. The molecule has 3 nitrogen and oxygen atoms in total. The number of benzene rings is 1. The maximum absolute atomic E-state index is 5.97. The Balaban J connectivity index is 1.89. The van der Waals surface area contributed by atoms with Crippen LogP contribution in [0, 0.1) is 0 Å². The van der Waals surface area contributed by atoms with E-state index in [9.17, 15) is 0 Å². The Morgan fingerprint density at radius 3 is 2.76 bits per heavy atom. The molecule has 1 unspecified atom stereocenters. The van der Waals surface area contributed by atoms with Crippen molar-refractivity contribution in [3.8, 4) is 0 Å². The van der Waals surface area contributed by atoms with E-state index in [1.165, 1.54) is 5.56 Å². The average Bonchev–Trinajstić information content (AvgIpc) is 2.49. The number of hydrogen-bond donors (Lipinski definition) is 0. The van der Waals surface area contributed by atoms with Gasteiger partial charge in [-0.25, -0.2) is 0 Å². The highest BCUT2D eigenvalue weighted by molar-refractivity contribution is 6.18. The Morgan fingerprint density at radius 2 is 2.10 bits per heavy atom. The molecular weight excluding hydrogens is 284 g/mol. The third kappa shape index (κ3) is 5.59. The molecule has 1 aromatic rings. The van der Waals surface area contributed by atoms with Crippen molar-refractivity contribution >= 4 is 11.6 Å². The molecule has 1 aliphatic heterocycles. The van der Waals surface area contributed by atoms with Crippen molar-refractivity contribution in [2.75, 3.05) is 38.7 Å². The Bertz CT molecular complexity index is 399. The second-order valence-corrected chi connectivity index (χ2v) is 6.37. The van der Waals surface area contributed by atoms with Crippen LogP contribution in [0.15, 0.2) is 30.3 Å². The number of rotatable bonds is 7. The predicted octanol–water partition coefficient (Wildman–Crippen LogP) is 2.84. The molecule has 0 spiro atoms. The summed E-state index contributed by atoms with van der Waals surface area (Å²) in [6.45, 7) is 10.2. The number of hydrogen-bond acceptors (Lipinski definition) is 3. The van der Waals surface area contributed by atoms with E-state index in [0.29, 0.717) is 11.9 Å². The smallest absolute Gasteiger partial charge is 0.0829 e. The van der Waals surface area contributed by atoms with Gasteiger partial charge in [-0.3, -0.25) is 9.80 Å². The first-order valence-corrected chi connectivity index (χ1v) is 8.40. The van der Waals surface area contributed by atoms with E-state index in [2.05, 4.69) is 54.0 Å². The normalized spacial score (nSPS) is 20.3. The van der Waals surface area contributed by atoms with Crippen molar-refractivity contribution in [2.24, 2.45) is 0 Å². The molecular formula is C17H27ClN2O. The summed E-state index contributed by atoms with van der Waals surface area (Å²) in [5, 5.41) is 0. The molecule has 0 saturated carbocycles. The molecule has 1 heterocycles. The minimum absolute atomic E-state index is 0.285. The Kier molecular flexibility index (Phi) is 6.97. The van der Waals surface area contributed by atoms with E-state index in [0.717, 1.165) is 39.3 Å². The van der Waals surface area contributed by atoms with Crippen molar-refractivity contribution in [1.82, 2.24) is 9.80 Å². The monoisotopic (exact) mass is 310 g/mol. The largest absolute Gasteiger partial charge is 0.374 e. The van der Waals surface area contributed by atoms with Gasteiger partial charge in [0.05, 0.1) is 12.7 Å². The first-order chi connectivity index (χ1) is 10.2. The summed E-state index contributed by atoms with van der Waals surface area (Å²) in [5.41, 5.74) is 1.33. The van der Waals surface area contributed by atoms with Gasteiger partial charge >= 0.3 is 0 Å². The Labute approximate surface area is 133 Å². The van der Waals surface area contributed by atoms with Gasteiger partial charge in [0, 0.05) is 44.6 Å². The SMILES string of the molecule is CC(C)N1CCOC(CN(CCCl)Cc2ccccc2)C1. The summed E-state index contributed by atoms with van der Waals surface area (Å²) in [6.07, 6.45) is 0.285. The average molecular weight is 311 g/mol. The third-order valence-electron chi connectivity index (χ3n) is 4.01. The van der Waals surface area contributed by atoms with Crippen molar-refractivity contribution in [3.05, 3.63) is 35.9 Å². The lowest BCUT2D eigenvalue weighted by Crippen LogP contribution is -2.49. The standard InChI is InChI=1S/C17H27ClN2O/c1-15(2)20-10-11-21-17(14-20)13-19(9-8-18)12-16-6-4-3-5-7-16/h3-7,15,17H,8-14H2,1-2H3. The van der Waals surface area contributed by atoms with Crippen LogP contribution >= 0.6 is 11.6 Å².